The van der Waals surface area contributed by atoms with Crippen molar-refractivity contribution in [2.75, 3.05) is 19.8 Å². The van der Waals surface area contributed by atoms with E-state index in [4.69, 9.17) is 25.8 Å². The summed E-state index contributed by atoms with van der Waals surface area (Å²) < 4.78 is 15.8. The Hall–Kier alpha value is -3.06. The van der Waals surface area contributed by atoms with Crippen molar-refractivity contribution in [2.24, 2.45) is 5.10 Å². The molecule has 0 aliphatic rings. The zero-order chi connectivity index (χ0) is 21.2. The number of hydrazone groups is 1. The lowest BCUT2D eigenvalue weighted by Crippen LogP contribution is -2.18. The van der Waals surface area contributed by atoms with Crippen LogP contribution >= 0.6 is 11.6 Å². The highest BCUT2D eigenvalue weighted by Crippen LogP contribution is 2.36. The van der Waals surface area contributed by atoms with E-state index >= 15 is 0 Å². The first-order chi connectivity index (χ1) is 14.0. The number of hydrogen-bond donors (Lipinski definition) is 1. The van der Waals surface area contributed by atoms with Crippen LogP contribution in [0.2, 0.25) is 5.02 Å². The highest BCUT2D eigenvalue weighted by Gasteiger charge is 2.14. The molecule has 2 rings (SSSR count). The van der Waals surface area contributed by atoms with Crippen LogP contribution in [0.5, 0.6) is 11.5 Å². The number of carbonyl (C=O) groups is 2. The normalized spacial score (nSPS) is 10.6. The van der Waals surface area contributed by atoms with Gasteiger partial charge in [0.25, 0.3) is 5.91 Å². The van der Waals surface area contributed by atoms with E-state index in [1.165, 1.54) is 6.21 Å². The van der Waals surface area contributed by atoms with Crippen LogP contribution in [0.15, 0.2) is 41.5 Å². The van der Waals surface area contributed by atoms with E-state index in [0.717, 1.165) is 5.56 Å². The van der Waals surface area contributed by atoms with Crippen LogP contribution in [-0.4, -0.2) is 37.9 Å². The van der Waals surface area contributed by atoms with Gasteiger partial charge in [0.2, 0.25) is 0 Å². The van der Waals surface area contributed by atoms with Crippen LogP contribution < -0.4 is 14.9 Å². The van der Waals surface area contributed by atoms with Gasteiger partial charge in [-0.15, -0.1) is 0 Å². The molecule has 0 bridgehead atoms. The van der Waals surface area contributed by atoms with Crippen molar-refractivity contribution in [3.8, 4) is 11.5 Å². The third kappa shape index (κ3) is 6.50. The van der Waals surface area contributed by atoms with Gasteiger partial charge in [-0.25, -0.2) is 10.2 Å². The molecule has 1 N–H and O–H groups in total. The topological polar surface area (TPSA) is 86.2 Å². The molecule has 0 unspecified atom stereocenters. The number of nitrogens with zero attached hydrogens (tertiary/aromatic N) is 1. The first kappa shape index (κ1) is 22.2. The summed E-state index contributed by atoms with van der Waals surface area (Å²) in [4.78, 5) is 23.7. The van der Waals surface area contributed by atoms with Gasteiger partial charge >= 0.3 is 5.97 Å². The number of hydrogen-bond acceptors (Lipinski definition) is 6. The molecule has 0 aromatic heterocycles. The Balaban J connectivity index is 2.12. The average molecular weight is 419 g/mol. The lowest BCUT2D eigenvalue weighted by molar-refractivity contribution is -0.145. The molecular formula is C21H23ClN2O5. The molecule has 0 fully saturated rings. The van der Waals surface area contributed by atoms with Gasteiger partial charge in [0, 0.05) is 5.56 Å². The van der Waals surface area contributed by atoms with Crippen molar-refractivity contribution >= 4 is 29.7 Å². The Bertz CT molecular complexity index is 899. The van der Waals surface area contributed by atoms with Crippen molar-refractivity contribution in [3.63, 3.8) is 0 Å². The predicted molar refractivity (Wildman–Crippen MR) is 111 cm³/mol. The minimum absolute atomic E-state index is 0.239. The Labute approximate surface area is 174 Å². The maximum atomic E-state index is 12.2. The van der Waals surface area contributed by atoms with Gasteiger partial charge < -0.3 is 14.2 Å². The summed E-state index contributed by atoms with van der Waals surface area (Å²) in [6.07, 6.45) is 1.44. The van der Waals surface area contributed by atoms with Crippen molar-refractivity contribution in [1.82, 2.24) is 5.43 Å². The number of esters is 1. The van der Waals surface area contributed by atoms with E-state index in [1.807, 2.05) is 26.0 Å². The van der Waals surface area contributed by atoms with Gasteiger partial charge in [0.1, 0.15) is 0 Å². The van der Waals surface area contributed by atoms with E-state index in [9.17, 15) is 9.59 Å². The second-order valence-electron chi connectivity index (χ2n) is 5.87. The van der Waals surface area contributed by atoms with E-state index < -0.39 is 5.97 Å². The molecular weight excluding hydrogens is 396 g/mol. The molecule has 8 heteroatoms. The third-order valence-corrected chi connectivity index (χ3v) is 4.02. The van der Waals surface area contributed by atoms with Crippen LogP contribution in [0.3, 0.4) is 0 Å². The van der Waals surface area contributed by atoms with Gasteiger partial charge in [-0.05, 0) is 50.1 Å². The molecule has 2 aromatic rings. The first-order valence-corrected chi connectivity index (χ1v) is 9.47. The lowest BCUT2D eigenvalue weighted by atomic mass is 10.1. The van der Waals surface area contributed by atoms with E-state index in [2.05, 4.69) is 10.5 Å². The summed E-state index contributed by atoms with van der Waals surface area (Å²) in [6.45, 7) is 5.72. The summed E-state index contributed by atoms with van der Waals surface area (Å²) in [7, 11) is 0. The quantitative estimate of drug-likeness (QED) is 0.380. The summed E-state index contributed by atoms with van der Waals surface area (Å²) >= 11 is 6.28. The lowest BCUT2D eigenvalue weighted by Gasteiger charge is -2.14. The zero-order valence-electron chi connectivity index (χ0n) is 16.5. The number of nitrogens with one attached hydrogen (secondary N) is 1. The van der Waals surface area contributed by atoms with Crippen molar-refractivity contribution in [2.45, 2.75) is 20.8 Å². The Kier molecular flexibility index (Phi) is 8.48. The smallest absolute Gasteiger partial charge is 0.344 e. The maximum Gasteiger partial charge on any atom is 0.344 e. The number of aryl methyl sites for hydroxylation is 1. The van der Waals surface area contributed by atoms with Crippen LogP contribution in [-0.2, 0) is 9.53 Å². The molecule has 0 radical (unpaired) electrons. The third-order valence-electron chi connectivity index (χ3n) is 3.74. The standard InChI is InChI=1S/C21H23ClN2O5/c1-4-27-18-11-15(10-17(22)20(18)29-13-19(25)28-5-2)12-23-24-21(26)16-9-7-6-8-14(16)3/h6-12H,4-5,13H2,1-3H3,(H,24,26)/b23-12+. The number of halogens is 1. The van der Waals surface area contributed by atoms with Crippen LogP contribution in [0.25, 0.3) is 0 Å². The SMILES string of the molecule is CCOC(=O)COc1c(Cl)cc(/C=N/NC(=O)c2ccccc2C)cc1OCC. The van der Waals surface area contributed by atoms with Crippen LogP contribution in [0, 0.1) is 6.92 Å². The molecule has 1 amide bonds. The van der Waals surface area contributed by atoms with Crippen molar-refractivity contribution in [3.05, 3.63) is 58.1 Å². The zero-order valence-corrected chi connectivity index (χ0v) is 17.3. The maximum absolute atomic E-state index is 12.2. The molecule has 0 aliphatic heterocycles. The van der Waals surface area contributed by atoms with E-state index in [0.29, 0.717) is 23.5 Å². The minimum Gasteiger partial charge on any atom is -0.490 e. The largest absolute Gasteiger partial charge is 0.490 e. The molecule has 29 heavy (non-hydrogen) atoms. The second-order valence-corrected chi connectivity index (χ2v) is 6.28. The molecule has 0 aliphatic carbocycles. The summed E-state index contributed by atoms with van der Waals surface area (Å²) in [5, 5.41) is 4.22. The van der Waals surface area contributed by atoms with Gasteiger partial charge in [-0.1, -0.05) is 29.8 Å². The van der Waals surface area contributed by atoms with E-state index in [1.54, 1.807) is 31.2 Å². The monoisotopic (exact) mass is 418 g/mol. The first-order valence-electron chi connectivity index (χ1n) is 9.10. The fourth-order valence-corrected chi connectivity index (χ4v) is 2.73. The van der Waals surface area contributed by atoms with Gasteiger partial charge in [0.15, 0.2) is 18.1 Å². The fraction of sp³-hybridized carbons (Fsp3) is 0.286. The van der Waals surface area contributed by atoms with Crippen LogP contribution in [0.4, 0.5) is 0 Å². The number of ether oxygens (including phenoxy) is 3. The van der Waals surface area contributed by atoms with Crippen molar-refractivity contribution < 1.29 is 23.8 Å². The van der Waals surface area contributed by atoms with Crippen molar-refractivity contribution in [1.29, 1.82) is 0 Å². The summed E-state index contributed by atoms with van der Waals surface area (Å²) in [5.74, 6) is -0.223. The van der Waals surface area contributed by atoms with E-state index in [-0.39, 0.29) is 29.9 Å². The fourth-order valence-electron chi connectivity index (χ4n) is 2.45. The molecule has 0 spiro atoms. The molecule has 7 nitrogen and oxygen atoms in total. The number of carbonyl (C=O) groups excluding carboxylic acids is 2. The number of benzene rings is 2. The highest BCUT2D eigenvalue weighted by atomic mass is 35.5. The Morgan fingerprint density at radius 2 is 1.90 bits per heavy atom. The number of amides is 1. The molecule has 154 valence electrons. The Morgan fingerprint density at radius 1 is 1.14 bits per heavy atom. The van der Waals surface area contributed by atoms with Gasteiger partial charge in [-0.2, -0.15) is 5.10 Å². The molecule has 0 saturated carbocycles. The summed E-state index contributed by atoms with van der Waals surface area (Å²) in [5.41, 5.74) is 4.47. The molecule has 0 saturated heterocycles. The molecule has 2 aromatic carbocycles. The van der Waals surface area contributed by atoms with Gasteiger partial charge in [0.05, 0.1) is 24.5 Å². The second kappa shape index (κ2) is 11.1. The average Bonchev–Trinajstić information content (AvgIpc) is 2.68. The summed E-state index contributed by atoms with van der Waals surface area (Å²) in [6, 6.07) is 10.5. The van der Waals surface area contributed by atoms with Gasteiger partial charge in [-0.3, -0.25) is 4.79 Å². The highest BCUT2D eigenvalue weighted by molar-refractivity contribution is 6.32. The molecule has 0 atom stereocenters. The van der Waals surface area contributed by atoms with Crippen LogP contribution in [0.1, 0.15) is 35.3 Å². The Morgan fingerprint density at radius 3 is 2.59 bits per heavy atom. The molecule has 0 heterocycles. The minimum atomic E-state index is -0.504. The number of rotatable bonds is 9. The predicted octanol–water partition coefficient (Wildman–Crippen LogP) is 3.75.